The fourth-order valence-corrected chi connectivity index (χ4v) is 3.33. The van der Waals surface area contributed by atoms with Crippen molar-refractivity contribution in [1.29, 1.82) is 0 Å². The Morgan fingerprint density at radius 1 is 0.500 bits per heavy atom. The molecular weight excluding hydrogens is 292 g/mol. The fraction of sp³-hybridized carbons (Fsp3) is 0.913. The van der Waals surface area contributed by atoms with E-state index in [1.807, 2.05) is 0 Å². The van der Waals surface area contributed by atoms with Gasteiger partial charge in [0.2, 0.25) is 0 Å². The second-order valence-corrected chi connectivity index (χ2v) is 7.41. The first-order valence-electron chi connectivity index (χ1n) is 11.1. The fourth-order valence-electron chi connectivity index (χ4n) is 3.33. The van der Waals surface area contributed by atoms with E-state index in [-0.39, 0.29) is 0 Å². The Morgan fingerprint density at radius 3 is 1.17 bits per heavy atom. The van der Waals surface area contributed by atoms with Crippen molar-refractivity contribution in [3.8, 4) is 0 Å². The van der Waals surface area contributed by atoms with Gasteiger partial charge in [0.15, 0.2) is 0 Å². The maximum Gasteiger partial charge on any atom is 0.0784 e. The highest BCUT2D eigenvalue weighted by Gasteiger charge is 1.94. The molecule has 0 saturated heterocycles. The van der Waals surface area contributed by atoms with Crippen molar-refractivity contribution in [2.45, 2.75) is 129 Å². The van der Waals surface area contributed by atoms with Crippen LogP contribution in [0.5, 0.6) is 0 Å². The minimum absolute atomic E-state index is 1.17. The van der Waals surface area contributed by atoms with Crippen LogP contribution in [-0.2, 0) is 4.74 Å². The van der Waals surface area contributed by atoms with Crippen molar-refractivity contribution in [1.82, 2.24) is 0 Å². The molecule has 0 unspecified atom stereocenters. The van der Waals surface area contributed by atoms with Gasteiger partial charge in [-0.25, -0.2) is 0 Å². The summed E-state index contributed by atoms with van der Waals surface area (Å²) in [6.07, 6.45) is 31.1. The van der Waals surface area contributed by atoms with Crippen molar-refractivity contribution < 1.29 is 4.74 Å². The molecule has 0 N–H and O–H groups in total. The number of hydrogen-bond acceptors (Lipinski definition) is 1. The van der Waals surface area contributed by atoms with Gasteiger partial charge in [-0.05, 0) is 18.9 Å². The van der Waals surface area contributed by atoms with Gasteiger partial charge in [-0.3, -0.25) is 0 Å². The lowest BCUT2D eigenvalue weighted by atomic mass is 10.0. The van der Waals surface area contributed by atoms with Gasteiger partial charge in [-0.1, -0.05) is 116 Å². The van der Waals surface area contributed by atoms with Crippen LogP contribution in [0.2, 0.25) is 0 Å². The molecule has 0 radical (unpaired) electrons. The van der Waals surface area contributed by atoms with E-state index in [0.717, 1.165) is 0 Å². The van der Waals surface area contributed by atoms with Crippen LogP contribution in [0, 0.1) is 0 Å². The van der Waals surface area contributed by atoms with Gasteiger partial charge < -0.3 is 4.74 Å². The first-order valence-corrected chi connectivity index (χ1v) is 11.1. The smallest absolute Gasteiger partial charge is 0.0784 e. The van der Waals surface area contributed by atoms with Gasteiger partial charge in [-0.15, -0.1) is 0 Å². The third-order valence-corrected chi connectivity index (χ3v) is 4.96. The van der Waals surface area contributed by atoms with E-state index in [9.17, 15) is 0 Å². The second-order valence-electron chi connectivity index (χ2n) is 7.41. The third-order valence-electron chi connectivity index (χ3n) is 4.96. The van der Waals surface area contributed by atoms with E-state index >= 15 is 0 Å². The van der Waals surface area contributed by atoms with E-state index in [2.05, 4.69) is 13.0 Å². The predicted molar refractivity (Wildman–Crippen MR) is 110 cm³/mol. The summed E-state index contributed by atoms with van der Waals surface area (Å²) in [6.45, 7) is 2.30. The summed E-state index contributed by atoms with van der Waals surface area (Å²) in [5.41, 5.74) is 0. The average Bonchev–Trinajstić information content (AvgIpc) is 2.60. The maximum atomic E-state index is 4.90. The molecule has 1 nitrogen and oxygen atoms in total. The van der Waals surface area contributed by atoms with Crippen molar-refractivity contribution in [3.05, 3.63) is 12.3 Å². The largest absolute Gasteiger partial charge is 0.505 e. The maximum absolute atomic E-state index is 4.90. The molecule has 24 heavy (non-hydrogen) atoms. The Hall–Kier alpha value is -0.460. The zero-order valence-electron chi connectivity index (χ0n) is 17.0. The lowest BCUT2D eigenvalue weighted by Gasteiger charge is -2.03. The number of unbranched alkanes of at least 4 members (excludes halogenated alkanes) is 18. The highest BCUT2D eigenvalue weighted by atomic mass is 16.5. The van der Waals surface area contributed by atoms with Gasteiger partial charge in [0.05, 0.1) is 13.4 Å². The van der Waals surface area contributed by atoms with Crippen LogP contribution < -0.4 is 0 Å². The van der Waals surface area contributed by atoms with Crippen LogP contribution in [-0.4, -0.2) is 7.11 Å². The molecule has 0 amide bonds. The molecule has 0 aromatic rings. The summed E-state index contributed by atoms with van der Waals surface area (Å²) in [5, 5.41) is 0. The van der Waals surface area contributed by atoms with Crippen molar-refractivity contribution in [2.24, 2.45) is 0 Å². The van der Waals surface area contributed by atoms with E-state index in [1.165, 1.54) is 122 Å². The number of ether oxygens (including phenoxy) is 1. The van der Waals surface area contributed by atoms with Crippen molar-refractivity contribution >= 4 is 0 Å². The van der Waals surface area contributed by atoms with Crippen LogP contribution in [0.1, 0.15) is 129 Å². The van der Waals surface area contributed by atoms with Crippen molar-refractivity contribution in [3.63, 3.8) is 0 Å². The molecule has 0 rings (SSSR count). The normalized spacial score (nSPS) is 11.4. The highest BCUT2D eigenvalue weighted by molar-refractivity contribution is 4.72. The quantitative estimate of drug-likeness (QED) is 0.159. The molecule has 1 heteroatoms. The summed E-state index contributed by atoms with van der Waals surface area (Å²) < 4.78 is 4.90. The molecule has 0 heterocycles. The molecule has 0 aromatic carbocycles. The van der Waals surface area contributed by atoms with Crippen molar-refractivity contribution in [2.75, 3.05) is 7.11 Å². The molecule has 0 aliphatic carbocycles. The van der Waals surface area contributed by atoms with Crippen LogP contribution in [0.4, 0.5) is 0 Å². The van der Waals surface area contributed by atoms with E-state index < -0.39 is 0 Å². The lowest BCUT2D eigenvalue weighted by Crippen LogP contribution is -1.84. The van der Waals surface area contributed by atoms with Crippen LogP contribution in [0.3, 0.4) is 0 Å². The summed E-state index contributed by atoms with van der Waals surface area (Å²) in [6, 6.07) is 0. The molecule has 0 fully saturated rings. The second kappa shape index (κ2) is 22.5. The Bertz CT molecular complexity index is 234. The standard InChI is InChI=1S/C23H46O/c1-3-4-5-6-7-8-9-10-11-12-13-14-15-16-17-18-19-20-21-22-23-24-2/h22-23H,3-21H2,1-2H3. The molecule has 0 aliphatic heterocycles. The van der Waals surface area contributed by atoms with Crippen LogP contribution in [0.25, 0.3) is 0 Å². The monoisotopic (exact) mass is 338 g/mol. The molecule has 0 atom stereocenters. The molecule has 0 bridgehead atoms. The van der Waals surface area contributed by atoms with Gasteiger partial charge >= 0.3 is 0 Å². The van der Waals surface area contributed by atoms with Crippen LogP contribution in [0.15, 0.2) is 12.3 Å². The predicted octanol–water partition coefficient (Wildman–Crippen LogP) is 8.58. The van der Waals surface area contributed by atoms with E-state index in [4.69, 9.17) is 4.74 Å². The van der Waals surface area contributed by atoms with Gasteiger partial charge in [0, 0.05) is 0 Å². The summed E-state index contributed by atoms with van der Waals surface area (Å²) in [7, 11) is 1.71. The summed E-state index contributed by atoms with van der Waals surface area (Å²) >= 11 is 0. The molecule has 144 valence electrons. The zero-order chi connectivity index (χ0) is 17.6. The molecule has 0 saturated carbocycles. The minimum atomic E-state index is 1.17. The Balaban J connectivity index is 2.97. The Kier molecular flexibility index (Phi) is 22.1. The van der Waals surface area contributed by atoms with E-state index in [1.54, 1.807) is 13.4 Å². The van der Waals surface area contributed by atoms with Gasteiger partial charge in [0.25, 0.3) is 0 Å². The zero-order valence-corrected chi connectivity index (χ0v) is 17.0. The molecule has 0 aromatic heterocycles. The SMILES string of the molecule is CCCCCCCCCCCCCCCCCCCCC=COC. The summed E-state index contributed by atoms with van der Waals surface area (Å²) in [5.74, 6) is 0. The first-order chi connectivity index (χ1) is 11.9. The first kappa shape index (κ1) is 23.5. The van der Waals surface area contributed by atoms with Crippen LogP contribution >= 0.6 is 0 Å². The lowest BCUT2D eigenvalue weighted by molar-refractivity contribution is 0.336. The van der Waals surface area contributed by atoms with Gasteiger partial charge in [0.1, 0.15) is 0 Å². The number of methoxy groups -OCH3 is 1. The highest BCUT2D eigenvalue weighted by Crippen LogP contribution is 2.14. The minimum Gasteiger partial charge on any atom is -0.505 e. The molecular formula is C23H46O. The third kappa shape index (κ3) is 21.5. The Labute approximate surface area is 153 Å². The average molecular weight is 339 g/mol. The number of hydrogen-bond donors (Lipinski definition) is 0. The Morgan fingerprint density at radius 2 is 0.833 bits per heavy atom. The number of allylic oxidation sites excluding steroid dienone is 1. The summed E-state index contributed by atoms with van der Waals surface area (Å²) in [4.78, 5) is 0. The topological polar surface area (TPSA) is 9.23 Å². The molecule has 0 spiro atoms. The van der Waals surface area contributed by atoms with Gasteiger partial charge in [-0.2, -0.15) is 0 Å². The molecule has 0 aliphatic rings. The number of rotatable bonds is 20. The van der Waals surface area contributed by atoms with E-state index in [0.29, 0.717) is 0 Å².